The zero-order chi connectivity index (χ0) is 18.2. The maximum absolute atomic E-state index is 13.5. The van der Waals surface area contributed by atoms with Gasteiger partial charge in [0.05, 0.1) is 15.5 Å². The van der Waals surface area contributed by atoms with E-state index in [9.17, 15) is 22.8 Å². The highest BCUT2D eigenvalue weighted by molar-refractivity contribution is 14.1. The molecule has 0 spiro atoms. The molecule has 1 amide bonds. The van der Waals surface area contributed by atoms with Gasteiger partial charge in [0.25, 0.3) is 5.56 Å². The van der Waals surface area contributed by atoms with Gasteiger partial charge in [0.2, 0.25) is 5.91 Å². The number of pyridine rings is 1. The number of anilines is 1. The van der Waals surface area contributed by atoms with E-state index in [0.29, 0.717) is 8.14 Å². The van der Waals surface area contributed by atoms with Gasteiger partial charge in [0.1, 0.15) is 5.69 Å². The second-order valence-electron chi connectivity index (χ2n) is 5.06. The Labute approximate surface area is 148 Å². The molecule has 130 valence electrons. The van der Waals surface area contributed by atoms with Crippen LogP contribution in [0.2, 0.25) is 0 Å². The van der Waals surface area contributed by atoms with Gasteiger partial charge in [0.15, 0.2) is 5.69 Å². The summed E-state index contributed by atoms with van der Waals surface area (Å²) in [6.45, 7) is 2.93. The number of hydrogen-bond donors (Lipinski definition) is 1. The summed E-state index contributed by atoms with van der Waals surface area (Å²) in [6.07, 6.45) is -1.86. The Morgan fingerprint density at radius 1 is 1.42 bits per heavy atom. The maximum Gasteiger partial charge on any atom is 0.433 e. The van der Waals surface area contributed by atoms with Crippen molar-refractivity contribution >= 4 is 34.2 Å². The number of hydrogen-bond acceptors (Lipinski definition) is 3. The van der Waals surface area contributed by atoms with Gasteiger partial charge >= 0.3 is 6.18 Å². The summed E-state index contributed by atoms with van der Waals surface area (Å²) < 4.78 is 42.8. The lowest BCUT2D eigenvalue weighted by molar-refractivity contribution is -0.143. The molecule has 6 nitrogen and oxygen atoms in total. The molecular weight excluding hydrogens is 440 g/mol. The van der Waals surface area contributed by atoms with Gasteiger partial charge in [-0.2, -0.15) is 18.3 Å². The second kappa shape index (κ2) is 6.57. The normalized spacial score (nSPS) is 11.6. The first-order valence-electron chi connectivity index (χ1n) is 6.89. The zero-order valence-corrected chi connectivity index (χ0v) is 15.2. The van der Waals surface area contributed by atoms with Gasteiger partial charge in [-0.25, -0.2) is 4.68 Å². The van der Waals surface area contributed by atoms with Crippen molar-refractivity contribution in [3.8, 4) is 5.69 Å². The number of amides is 1. The average molecular weight is 454 g/mol. The monoisotopic (exact) mass is 454 g/mol. The average Bonchev–Trinajstić information content (AvgIpc) is 2.91. The lowest BCUT2D eigenvalue weighted by atomic mass is 10.1. The van der Waals surface area contributed by atoms with Crippen LogP contribution < -0.4 is 10.9 Å². The zero-order valence-electron chi connectivity index (χ0n) is 13.0. The van der Waals surface area contributed by atoms with Crippen molar-refractivity contribution < 1.29 is 18.0 Å². The molecule has 10 heteroatoms. The Hall–Kier alpha value is -1.85. The summed E-state index contributed by atoms with van der Waals surface area (Å²) >= 11 is 1.92. The minimum Gasteiger partial charge on any atom is -0.321 e. The van der Waals surface area contributed by atoms with Crippen molar-refractivity contribution in [3.63, 3.8) is 0 Å². The number of halogens is 4. The summed E-state index contributed by atoms with van der Waals surface area (Å²) in [5, 5.41) is 6.30. The molecule has 0 fully saturated rings. The van der Waals surface area contributed by atoms with E-state index in [1.165, 1.54) is 19.3 Å². The van der Waals surface area contributed by atoms with Crippen molar-refractivity contribution in [1.29, 1.82) is 0 Å². The number of aromatic nitrogens is 3. The molecule has 2 aromatic rings. The highest BCUT2D eigenvalue weighted by Crippen LogP contribution is 2.36. The van der Waals surface area contributed by atoms with E-state index in [1.807, 2.05) is 22.6 Å². The number of carbonyl (C=O) groups is 1. The van der Waals surface area contributed by atoms with Crippen LogP contribution >= 0.6 is 22.6 Å². The SMILES string of the molecule is CCC(=O)Nc1c(C)c(-n2cc(I)cn2)c(C(F)(F)F)n(C)c1=O. The van der Waals surface area contributed by atoms with E-state index in [1.54, 1.807) is 6.92 Å². The van der Waals surface area contributed by atoms with Crippen LogP contribution in [0.1, 0.15) is 24.6 Å². The van der Waals surface area contributed by atoms with Gasteiger partial charge in [-0.05, 0) is 29.5 Å². The van der Waals surface area contributed by atoms with Gasteiger partial charge in [-0.1, -0.05) is 6.92 Å². The van der Waals surface area contributed by atoms with Gasteiger partial charge in [-0.15, -0.1) is 0 Å². The maximum atomic E-state index is 13.5. The minimum atomic E-state index is -4.77. The summed E-state index contributed by atoms with van der Waals surface area (Å²) in [5.41, 5.74) is -2.52. The minimum absolute atomic E-state index is 0.00623. The third-order valence-electron chi connectivity index (χ3n) is 3.44. The highest BCUT2D eigenvalue weighted by atomic mass is 127. The first-order chi connectivity index (χ1) is 11.1. The van der Waals surface area contributed by atoms with Crippen LogP contribution in [-0.4, -0.2) is 20.3 Å². The standard InChI is InChI=1S/C14H14F3IN4O2/c1-4-9(23)20-10-7(2)11(22-6-8(18)5-19-22)12(14(15,16)17)21(3)13(10)24/h5-6H,4H2,1-3H3,(H,20,23). The van der Waals surface area contributed by atoms with Crippen LogP contribution in [0.15, 0.2) is 17.2 Å². The Kier molecular flexibility index (Phi) is 5.06. The Balaban J connectivity index is 2.88. The predicted octanol–water partition coefficient (Wildman–Crippen LogP) is 2.85. The van der Waals surface area contributed by atoms with E-state index in [-0.39, 0.29) is 23.4 Å². The first kappa shape index (κ1) is 18.5. The molecule has 2 rings (SSSR count). The van der Waals surface area contributed by atoms with Crippen LogP contribution in [-0.2, 0) is 18.0 Å². The van der Waals surface area contributed by atoms with Crippen molar-refractivity contribution in [3.05, 3.63) is 37.6 Å². The number of carbonyl (C=O) groups excluding carboxylic acids is 1. The molecule has 0 aromatic carbocycles. The fourth-order valence-electron chi connectivity index (χ4n) is 2.29. The van der Waals surface area contributed by atoms with E-state index >= 15 is 0 Å². The molecule has 0 aliphatic rings. The van der Waals surface area contributed by atoms with E-state index < -0.39 is 23.3 Å². The number of rotatable bonds is 3. The van der Waals surface area contributed by atoms with Gasteiger partial charge in [0, 0.05) is 25.2 Å². The Morgan fingerprint density at radius 3 is 2.50 bits per heavy atom. The van der Waals surface area contributed by atoms with Crippen molar-refractivity contribution in [2.45, 2.75) is 26.4 Å². The van der Waals surface area contributed by atoms with Gasteiger partial charge < -0.3 is 9.88 Å². The summed E-state index contributed by atoms with van der Waals surface area (Å²) in [7, 11) is 1.02. The number of alkyl halides is 3. The number of nitrogens with zero attached hydrogens (tertiary/aromatic N) is 3. The van der Waals surface area contributed by atoms with Crippen molar-refractivity contribution in [2.24, 2.45) is 7.05 Å². The molecule has 2 heterocycles. The largest absolute Gasteiger partial charge is 0.433 e. The summed E-state index contributed by atoms with van der Waals surface area (Å²) in [6, 6.07) is 0. The third kappa shape index (κ3) is 3.32. The second-order valence-corrected chi connectivity index (χ2v) is 6.31. The molecule has 0 saturated heterocycles. The third-order valence-corrected chi connectivity index (χ3v) is 4.00. The quantitative estimate of drug-likeness (QED) is 0.726. The fraction of sp³-hybridized carbons (Fsp3) is 0.357. The van der Waals surface area contributed by atoms with E-state index in [0.717, 1.165) is 11.7 Å². The topological polar surface area (TPSA) is 68.9 Å². The molecule has 24 heavy (non-hydrogen) atoms. The Morgan fingerprint density at radius 2 is 2.04 bits per heavy atom. The van der Waals surface area contributed by atoms with Crippen molar-refractivity contribution in [1.82, 2.24) is 14.3 Å². The van der Waals surface area contributed by atoms with E-state index in [4.69, 9.17) is 0 Å². The Bertz CT molecular complexity index is 855. The summed E-state index contributed by atoms with van der Waals surface area (Å²) in [4.78, 5) is 23.9. The molecule has 0 radical (unpaired) electrons. The highest BCUT2D eigenvalue weighted by Gasteiger charge is 2.39. The molecule has 2 aromatic heterocycles. The lowest BCUT2D eigenvalue weighted by Crippen LogP contribution is -2.32. The van der Waals surface area contributed by atoms with Crippen LogP contribution in [0.4, 0.5) is 18.9 Å². The molecule has 0 unspecified atom stereocenters. The van der Waals surface area contributed by atoms with E-state index in [2.05, 4.69) is 10.4 Å². The first-order valence-corrected chi connectivity index (χ1v) is 7.97. The van der Waals surface area contributed by atoms with Crippen molar-refractivity contribution in [2.75, 3.05) is 5.32 Å². The molecule has 0 atom stereocenters. The predicted molar refractivity (Wildman–Crippen MR) is 90.2 cm³/mol. The molecule has 0 saturated carbocycles. The summed E-state index contributed by atoms with van der Waals surface area (Å²) in [5.74, 6) is -0.462. The molecule has 0 bridgehead atoms. The fourth-order valence-corrected chi connectivity index (χ4v) is 2.68. The molecule has 1 N–H and O–H groups in total. The van der Waals surface area contributed by atoms with Crippen LogP contribution in [0.25, 0.3) is 5.69 Å². The van der Waals surface area contributed by atoms with Gasteiger partial charge in [-0.3, -0.25) is 9.59 Å². The van der Waals surface area contributed by atoms with Crippen LogP contribution in [0.5, 0.6) is 0 Å². The molecule has 0 aliphatic carbocycles. The van der Waals surface area contributed by atoms with Crippen LogP contribution in [0, 0.1) is 10.5 Å². The smallest absolute Gasteiger partial charge is 0.321 e. The molecular formula is C14H14F3IN4O2. The van der Waals surface area contributed by atoms with Crippen LogP contribution in [0.3, 0.4) is 0 Å². The number of nitrogens with one attached hydrogen (secondary N) is 1. The molecule has 0 aliphatic heterocycles. The lowest BCUT2D eigenvalue weighted by Gasteiger charge is -2.21.